The van der Waals surface area contributed by atoms with Gasteiger partial charge in [0.2, 0.25) is 0 Å². The highest BCUT2D eigenvalue weighted by Gasteiger charge is 2.41. The average molecular weight is 508 g/mol. The van der Waals surface area contributed by atoms with Gasteiger partial charge in [-0.2, -0.15) is 0 Å². The first-order valence-corrected chi connectivity index (χ1v) is 13.0. The summed E-state index contributed by atoms with van der Waals surface area (Å²) in [5.41, 5.74) is 2.84. The summed E-state index contributed by atoms with van der Waals surface area (Å²) in [6, 6.07) is 3.99. The lowest BCUT2D eigenvalue weighted by Crippen LogP contribution is -2.41. The molecular formula is C25H26ClN7OS. The van der Waals surface area contributed by atoms with Crippen LogP contribution in [0.25, 0.3) is 11.0 Å². The van der Waals surface area contributed by atoms with Crippen molar-refractivity contribution in [3.63, 3.8) is 0 Å². The summed E-state index contributed by atoms with van der Waals surface area (Å²) in [4.78, 5) is 29.1. The zero-order chi connectivity index (χ0) is 23.8. The third kappa shape index (κ3) is 4.72. The topological polar surface area (TPSA) is 92.7 Å². The van der Waals surface area contributed by atoms with E-state index in [1.807, 2.05) is 24.5 Å². The fourth-order valence-electron chi connectivity index (χ4n) is 5.07. The molecule has 0 unspecified atom stereocenters. The summed E-state index contributed by atoms with van der Waals surface area (Å²) < 4.78 is 5.85. The number of anilines is 1. The first-order chi connectivity index (χ1) is 17.1. The van der Waals surface area contributed by atoms with Crippen LogP contribution in [0.4, 0.5) is 5.82 Å². The molecule has 0 bridgehead atoms. The molecule has 6 rings (SSSR count). The van der Waals surface area contributed by atoms with Crippen LogP contribution in [0.3, 0.4) is 0 Å². The molecular weight excluding hydrogens is 482 g/mol. The molecule has 2 saturated heterocycles. The maximum atomic E-state index is 6.73. The largest absolute Gasteiger partial charge is 0.378 e. The number of nitrogens with one attached hydrogen (secondary N) is 1. The lowest BCUT2D eigenvalue weighted by Gasteiger charge is -2.38. The molecule has 5 heterocycles. The van der Waals surface area contributed by atoms with E-state index < -0.39 is 0 Å². The van der Waals surface area contributed by atoms with Gasteiger partial charge in [-0.3, -0.25) is 9.97 Å². The summed E-state index contributed by atoms with van der Waals surface area (Å²) in [5.74, 6) is 1.73. The maximum Gasteiger partial charge on any atom is 0.147 e. The van der Waals surface area contributed by atoms with Gasteiger partial charge in [-0.1, -0.05) is 23.4 Å². The third-order valence-corrected chi connectivity index (χ3v) is 8.42. The number of rotatable bonds is 5. The number of fused-ring (bicyclic) bond motifs is 1. The predicted octanol–water partition coefficient (Wildman–Crippen LogP) is 4.93. The number of H-pyrrole nitrogens is 1. The summed E-state index contributed by atoms with van der Waals surface area (Å²) >= 11 is 8.23. The lowest BCUT2D eigenvalue weighted by atomic mass is 9.77. The van der Waals surface area contributed by atoms with Crippen molar-refractivity contribution in [2.75, 3.05) is 24.6 Å². The number of hydrogen-bond donors (Lipinski definition) is 1. The van der Waals surface area contributed by atoms with Crippen LogP contribution in [0.15, 0.2) is 53.0 Å². The van der Waals surface area contributed by atoms with Gasteiger partial charge in [-0.05, 0) is 43.7 Å². The third-order valence-electron chi connectivity index (χ3n) is 6.94. The van der Waals surface area contributed by atoms with E-state index in [2.05, 4.69) is 31.8 Å². The Balaban J connectivity index is 1.13. The number of imidazole rings is 1. The predicted molar refractivity (Wildman–Crippen MR) is 136 cm³/mol. The minimum atomic E-state index is 0.356. The van der Waals surface area contributed by atoms with E-state index >= 15 is 0 Å². The number of ether oxygens (including phenoxy) is 1. The number of aromatic amines is 1. The van der Waals surface area contributed by atoms with Crippen LogP contribution in [0.2, 0.25) is 5.02 Å². The zero-order valence-corrected chi connectivity index (χ0v) is 21.0. The fraction of sp³-hybridized carbons (Fsp3) is 0.400. The van der Waals surface area contributed by atoms with Gasteiger partial charge in [-0.15, -0.1) is 0 Å². The number of piperidine rings is 1. The number of benzene rings is 1. The Labute approximate surface area is 212 Å². The van der Waals surface area contributed by atoms with Gasteiger partial charge in [0, 0.05) is 43.0 Å². The number of aromatic nitrogens is 6. The monoisotopic (exact) mass is 507 g/mol. The van der Waals surface area contributed by atoms with Crippen molar-refractivity contribution in [3.05, 3.63) is 59.7 Å². The van der Waals surface area contributed by atoms with Crippen molar-refractivity contribution in [2.45, 2.75) is 48.6 Å². The van der Waals surface area contributed by atoms with Crippen molar-refractivity contribution in [1.29, 1.82) is 0 Å². The first-order valence-electron chi connectivity index (χ1n) is 11.9. The summed E-state index contributed by atoms with van der Waals surface area (Å²) in [7, 11) is 0. The van der Waals surface area contributed by atoms with Crippen LogP contribution in [0.5, 0.6) is 0 Å². The lowest BCUT2D eigenvalue weighted by molar-refractivity contribution is 0.0976. The number of halogens is 1. The van der Waals surface area contributed by atoms with Gasteiger partial charge in [0.05, 0.1) is 41.3 Å². The van der Waals surface area contributed by atoms with Gasteiger partial charge < -0.3 is 14.6 Å². The molecule has 2 aliphatic heterocycles. The highest BCUT2D eigenvalue weighted by molar-refractivity contribution is 7.99. The SMILES string of the molecule is C[C@H]1CC2(CCN(c3cnc(Sc4ccc5[nH]c(Cc6cnccn6)nc5c4Cl)cn3)CC2)CO1. The molecule has 10 heteroatoms. The van der Waals surface area contributed by atoms with E-state index in [1.165, 1.54) is 18.2 Å². The molecule has 8 nitrogen and oxygen atoms in total. The molecule has 1 spiro atoms. The van der Waals surface area contributed by atoms with Crippen molar-refractivity contribution in [2.24, 2.45) is 5.41 Å². The summed E-state index contributed by atoms with van der Waals surface area (Å²) in [6.07, 6.45) is 13.2. The maximum absolute atomic E-state index is 6.73. The van der Waals surface area contributed by atoms with Crippen LogP contribution >= 0.6 is 23.4 Å². The zero-order valence-electron chi connectivity index (χ0n) is 19.4. The van der Waals surface area contributed by atoms with Crippen LogP contribution in [0.1, 0.15) is 37.7 Å². The average Bonchev–Trinajstić information content (AvgIpc) is 3.46. The van der Waals surface area contributed by atoms with Crippen molar-refractivity contribution in [1.82, 2.24) is 29.9 Å². The molecule has 0 amide bonds. The first kappa shape index (κ1) is 22.7. The molecule has 1 aromatic carbocycles. The van der Waals surface area contributed by atoms with E-state index in [1.54, 1.807) is 18.6 Å². The van der Waals surface area contributed by atoms with Crippen LogP contribution in [-0.2, 0) is 11.2 Å². The molecule has 4 aromatic rings. The Hall–Kier alpha value is -2.75. The molecule has 2 fully saturated rings. The van der Waals surface area contributed by atoms with Gasteiger partial charge in [-0.25, -0.2) is 15.0 Å². The van der Waals surface area contributed by atoms with E-state index in [0.717, 1.165) is 70.8 Å². The van der Waals surface area contributed by atoms with Gasteiger partial charge >= 0.3 is 0 Å². The molecule has 180 valence electrons. The highest BCUT2D eigenvalue weighted by Crippen LogP contribution is 2.42. The molecule has 35 heavy (non-hydrogen) atoms. The van der Waals surface area contributed by atoms with E-state index in [4.69, 9.17) is 26.3 Å². The highest BCUT2D eigenvalue weighted by atomic mass is 35.5. The smallest absolute Gasteiger partial charge is 0.147 e. The summed E-state index contributed by atoms with van der Waals surface area (Å²) in [6.45, 7) is 5.07. The second kappa shape index (κ2) is 9.37. The molecule has 3 aromatic heterocycles. The van der Waals surface area contributed by atoms with Crippen molar-refractivity contribution >= 4 is 40.2 Å². The van der Waals surface area contributed by atoms with Crippen LogP contribution < -0.4 is 4.90 Å². The second-order valence-corrected chi connectivity index (χ2v) is 10.9. The molecule has 2 aliphatic rings. The molecule has 1 atom stereocenters. The molecule has 0 radical (unpaired) electrons. The Morgan fingerprint density at radius 3 is 2.74 bits per heavy atom. The quantitative estimate of drug-likeness (QED) is 0.406. The van der Waals surface area contributed by atoms with Crippen molar-refractivity contribution in [3.8, 4) is 0 Å². The standard InChI is InChI=1S/C25H26ClN7OS/c1-16-11-25(15-34-16)4-8-33(9-5-25)21-13-30-22(14-29-21)35-19-3-2-18-24(23(19)26)32-20(31-18)10-17-12-27-6-7-28-17/h2-3,6-7,12-14,16H,4-5,8-11,15H2,1H3,(H,31,32)/t16-/m0/s1. The van der Waals surface area contributed by atoms with E-state index in [-0.39, 0.29) is 0 Å². The minimum absolute atomic E-state index is 0.356. The van der Waals surface area contributed by atoms with Gasteiger partial charge in [0.15, 0.2) is 0 Å². The molecule has 0 saturated carbocycles. The molecule has 0 aliphatic carbocycles. The number of nitrogens with zero attached hydrogens (tertiary/aromatic N) is 6. The van der Waals surface area contributed by atoms with E-state index in [9.17, 15) is 0 Å². The molecule has 1 N–H and O–H groups in total. The minimum Gasteiger partial charge on any atom is -0.378 e. The van der Waals surface area contributed by atoms with Crippen LogP contribution in [0, 0.1) is 5.41 Å². The fourth-order valence-corrected chi connectivity index (χ4v) is 6.15. The Bertz CT molecular complexity index is 1320. The van der Waals surface area contributed by atoms with E-state index in [0.29, 0.717) is 23.0 Å². The normalized spacial score (nSPS) is 19.6. The van der Waals surface area contributed by atoms with Gasteiger partial charge in [0.25, 0.3) is 0 Å². The Morgan fingerprint density at radius 2 is 2.03 bits per heavy atom. The van der Waals surface area contributed by atoms with Gasteiger partial charge in [0.1, 0.15) is 22.2 Å². The second-order valence-electron chi connectivity index (χ2n) is 9.46. The number of hydrogen-bond acceptors (Lipinski definition) is 8. The van der Waals surface area contributed by atoms with Crippen molar-refractivity contribution < 1.29 is 4.74 Å². The Morgan fingerprint density at radius 1 is 1.14 bits per heavy atom. The van der Waals surface area contributed by atoms with Crippen LogP contribution in [-0.4, -0.2) is 55.7 Å². The Kier molecular flexibility index (Phi) is 6.07. The summed E-state index contributed by atoms with van der Waals surface area (Å²) in [5, 5.41) is 1.41.